The van der Waals surface area contributed by atoms with E-state index < -0.39 is 0 Å². The number of nitrogens with one attached hydrogen (secondary N) is 1. The fourth-order valence-electron chi connectivity index (χ4n) is 0.978. The van der Waals surface area contributed by atoms with E-state index in [4.69, 9.17) is 0 Å². The SMILES string of the molecule is C=C(C)N=C/C(=C\C)N(C)CCNC.CC. The van der Waals surface area contributed by atoms with Gasteiger partial charge in [-0.15, -0.1) is 0 Å². The summed E-state index contributed by atoms with van der Waals surface area (Å²) in [6, 6.07) is 0. The van der Waals surface area contributed by atoms with Crippen molar-refractivity contribution in [3.05, 3.63) is 24.0 Å². The van der Waals surface area contributed by atoms with E-state index in [1.54, 1.807) is 0 Å². The Hall–Kier alpha value is -1.09. The number of nitrogens with zero attached hydrogens (tertiary/aromatic N) is 2. The van der Waals surface area contributed by atoms with E-state index in [1.807, 2.05) is 47.0 Å². The molecule has 0 aliphatic rings. The Bertz CT molecular complexity index is 229. The molecule has 0 spiro atoms. The second-order valence-corrected chi connectivity index (χ2v) is 3.23. The first-order valence-corrected chi connectivity index (χ1v) is 5.83. The average Bonchev–Trinajstić information content (AvgIpc) is 2.29. The maximum absolute atomic E-state index is 4.18. The van der Waals surface area contributed by atoms with Gasteiger partial charge in [0.15, 0.2) is 0 Å². The lowest BCUT2D eigenvalue weighted by molar-refractivity contribution is 0.435. The van der Waals surface area contributed by atoms with Crippen molar-refractivity contribution in [1.82, 2.24) is 10.2 Å². The van der Waals surface area contributed by atoms with Crippen molar-refractivity contribution in [2.75, 3.05) is 27.2 Å². The van der Waals surface area contributed by atoms with Crippen LogP contribution in [0, 0.1) is 0 Å². The minimum absolute atomic E-state index is 0.825. The van der Waals surface area contributed by atoms with Gasteiger partial charge in [-0.25, -0.2) is 0 Å². The summed E-state index contributed by atoms with van der Waals surface area (Å²) in [6.45, 7) is 13.6. The van der Waals surface area contributed by atoms with Crippen LogP contribution < -0.4 is 5.32 Å². The third kappa shape index (κ3) is 9.46. The van der Waals surface area contributed by atoms with Gasteiger partial charge in [0.1, 0.15) is 0 Å². The highest BCUT2D eigenvalue weighted by molar-refractivity contribution is 5.78. The zero-order valence-corrected chi connectivity index (χ0v) is 11.7. The fraction of sp³-hybridized carbons (Fsp3) is 0.615. The molecule has 0 heterocycles. The Morgan fingerprint density at radius 2 is 2.00 bits per heavy atom. The number of rotatable bonds is 6. The van der Waals surface area contributed by atoms with Crippen molar-refractivity contribution in [3.63, 3.8) is 0 Å². The van der Waals surface area contributed by atoms with Crippen LogP contribution in [0.2, 0.25) is 0 Å². The summed E-state index contributed by atoms with van der Waals surface area (Å²) in [5.41, 5.74) is 1.94. The van der Waals surface area contributed by atoms with E-state index in [-0.39, 0.29) is 0 Å². The van der Waals surface area contributed by atoms with Crippen LogP contribution in [0.3, 0.4) is 0 Å². The van der Waals surface area contributed by atoms with E-state index in [2.05, 4.69) is 28.8 Å². The number of likely N-dealkylation sites (N-methyl/N-ethyl adjacent to an activating group) is 2. The molecule has 0 radical (unpaired) electrons. The summed E-state index contributed by atoms with van der Waals surface area (Å²) >= 11 is 0. The first-order chi connectivity index (χ1) is 7.61. The minimum atomic E-state index is 0.825. The molecular formula is C13H27N3. The third-order valence-electron chi connectivity index (χ3n) is 1.85. The molecule has 0 unspecified atom stereocenters. The zero-order valence-electron chi connectivity index (χ0n) is 11.7. The highest BCUT2D eigenvalue weighted by Gasteiger charge is 1.98. The maximum Gasteiger partial charge on any atom is 0.0506 e. The van der Waals surface area contributed by atoms with E-state index in [1.165, 1.54) is 0 Å². The largest absolute Gasteiger partial charge is 0.372 e. The summed E-state index contributed by atoms with van der Waals surface area (Å²) in [6.07, 6.45) is 3.89. The second-order valence-electron chi connectivity index (χ2n) is 3.23. The highest BCUT2D eigenvalue weighted by atomic mass is 15.1. The first-order valence-electron chi connectivity index (χ1n) is 5.83. The van der Waals surface area contributed by atoms with Crippen molar-refractivity contribution < 1.29 is 0 Å². The number of hydrogen-bond acceptors (Lipinski definition) is 3. The van der Waals surface area contributed by atoms with E-state index in [0.717, 1.165) is 24.5 Å². The predicted molar refractivity (Wildman–Crippen MR) is 75.0 cm³/mol. The lowest BCUT2D eigenvalue weighted by Gasteiger charge is -2.19. The Balaban J connectivity index is 0. The van der Waals surface area contributed by atoms with Crippen molar-refractivity contribution in [3.8, 4) is 0 Å². The molecule has 1 N–H and O–H groups in total. The molecule has 3 nitrogen and oxygen atoms in total. The molecule has 16 heavy (non-hydrogen) atoms. The minimum Gasteiger partial charge on any atom is -0.372 e. The van der Waals surface area contributed by atoms with Crippen molar-refractivity contribution in [2.45, 2.75) is 27.7 Å². The lowest BCUT2D eigenvalue weighted by atomic mass is 10.3. The Morgan fingerprint density at radius 3 is 2.38 bits per heavy atom. The van der Waals surface area contributed by atoms with Gasteiger partial charge in [-0.1, -0.05) is 26.5 Å². The topological polar surface area (TPSA) is 27.6 Å². The first kappa shape index (κ1) is 17.3. The highest BCUT2D eigenvalue weighted by Crippen LogP contribution is 1.99. The lowest BCUT2D eigenvalue weighted by Crippen LogP contribution is -2.27. The second kappa shape index (κ2) is 12.0. The molecule has 94 valence electrons. The van der Waals surface area contributed by atoms with Crippen LogP contribution >= 0.6 is 0 Å². The zero-order chi connectivity index (χ0) is 13.0. The summed E-state index contributed by atoms with van der Waals surface area (Å²) in [7, 11) is 4.00. The number of aliphatic imine (C=N–C) groups is 1. The molecule has 0 rings (SSSR count). The molecule has 0 aliphatic carbocycles. The van der Waals surface area contributed by atoms with Gasteiger partial charge in [-0.05, 0) is 20.9 Å². The standard InChI is InChI=1S/C11H21N3.C2H6/c1-6-11(9-13-10(2)3)14(5)8-7-12-4;1-2/h6,9,12H,2,7-8H2,1,3-5H3;1-2H3/b11-6+,13-9?;. The predicted octanol–water partition coefficient (Wildman–Crippen LogP) is 2.67. The quantitative estimate of drug-likeness (QED) is 0.704. The van der Waals surface area contributed by atoms with Gasteiger partial charge >= 0.3 is 0 Å². The maximum atomic E-state index is 4.18. The van der Waals surface area contributed by atoms with Crippen LogP contribution in [0.15, 0.2) is 29.0 Å². The fourth-order valence-corrected chi connectivity index (χ4v) is 0.978. The summed E-state index contributed by atoms with van der Waals surface area (Å²) in [5, 5.41) is 3.11. The van der Waals surface area contributed by atoms with Gasteiger partial charge in [-0.3, -0.25) is 4.99 Å². The van der Waals surface area contributed by atoms with Crippen LogP contribution in [0.4, 0.5) is 0 Å². The van der Waals surface area contributed by atoms with Crippen LogP contribution in [0.25, 0.3) is 0 Å². The molecule has 0 aromatic carbocycles. The van der Waals surface area contributed by atoms with Gasteiger partial charge < -0.3 is 10.2 Å². The molecule has 0 fully saturated rings. The van der Waals surface area contributed by atoms with Crippen LogP contribution in [0.1, 0.15) is 27.7 Å². The molecule has 0 bridgehead atoms. The van der Waals surface area contributed by atoms with Crippen molar-refractivity contribution >= 4 is 6.21 Å². The van der Waals surface area contributed by atoms with Gasteiger partial charge in [0, 0.05) is 25.8 Å². The molecule has 3 heteroatoms. The molecular weight excluding hydrogens is 198 g/mol. The van der Waals surface area contributed by atoms with Gasteiger partial charge in [0.2, 0.25) is 0 Å². The number of allylic oxidation sites excluding steroid dienone is 3. The van der Waals surface area contributed by atoms with Crippen LogP contribution in [-0.4, -0.2) is 38.3 Å². The molecule has 0 atom stereocenters. The Morgan fingerprint density at radius 1 is 1.44 bits per heavy atom. The molecule has 0 saturated carbocycles. The van der Waals surface area contributed by atoms with Crippen molar-refractivity contribution in [1.29, 1.82) is 0 Å². The molecule has 0 aliphatic heterocycles. The smallest absolute Gasteiger partial charge is 0.0506 e. The number of hydrogen-bond donors (Lipinski definition) is 1. The molecule has 0 amide bonds. The Kier molecular flexibility index (Phi) is 13.0. The van der Waals surface area contributed by atoms with Crippen LogP contribution in [0.5, 0.6) is 0 Å². The average molecular weight is 225 g/mol. The van der Waals surface area contributed by atoms with Gasteiger partial charge in [0.05, 0.1) is 11.9 Å². The normalized spacial score (nSPS) is 11.0. The summed E-state index contributed by atoms with van der Waals surface area (Å²) in [5.74, 6) is 0. The molecule has 0 saturated heterocycles. The summed E-state index contributed by atoms with van der Waals surface area (Å²) in [4.78, 5) is 6.33. The third-order valence-corrected chi connectivity index (χ3v) is 1.85. The van der Waals surface area contributed by atoms with E-state index in [0.29, 0.717) is 0 Å². The summed E-state index contributed by atoms with van der Waals surface area (Å²) < 4.78 is 0. The van der Waals surface area contributed by atoms with E-state index >= 15 is 0 Å². The Labute approximate surface area is 101 Å². The monoisotopic (exact) mass is 225 g/mol. The van der Waals surface area contributed by atoms with Gasteiger partial charge in [-0.2, -0.15) is 0 Å². The molecule has 0 aromatic heterocycles. The van der Waals surface area contributed by atoms with E-state index in [9.17, 15) is 0 Å². The van der Waals surface area contributed by atoms with Crippen molar-refractivity contribution in [2.24, 2.45) is 4.99 Å². The van der Waals surface area contributed by atoms with Crippen LogP contribution in [-0.2, 0) is 0 Å². The van der Waals surface area contributed by atoms with Gasteiger partial charge in [0.25, 0.3) is 0 Å². The molecule has 0 aromatic rings.